The van der Waals surface area contributed by atoms with Gasteiger partial charge in [0.1, 0.15) is 11.4 Å². The number of ether oxygens (including phenoxy) is 1. The second-order valence-corrected chi connectivity index (χ2v) is 8.72. The van der Waals surface area contributed by atoms with Crippen molar-refractivity contribution in [1.82, 2.24) is 9.88 Å². The SMILES string of the molecule is CN(CCCC(Cc1cc(F)cc(-c2cscn2)c1)C(=O)O)C(=O)OC(C)(C)C. The summed E-state index contributed by atoms with van der Waals surface area (Å²) in [6.07, 6.45) is 0.634. The zero-order valence-corrected chi connectivity index (χ0v) is 18.0. The Balaban J connectivity index is 1.97. The molecule has 29 heavy (non-hydrogen) atoms. The highest BCUT2D eigenvalue weighted by Gasteiger charge is 2.22. The summed E-state index contributed by atoms with van der Waals surface area (Å²) in [5, 5.41) is 11.4. The van der Waals surface area contributed by atoms with Crippen molar-refractivity contribution in [3.63, 3.8) is 0 Å². The number of hydrogen-bond acceptors (Lipinski definition) is 5. The Morgan fingerprint density at radius 1 is 1.31 bits per heavy atom. The lowest BCUT2D eigenvalue weighted by Gasteiger charge is -2.25. The zero-order valence-electron chi connectivity index (χ0n) is 17.1. The van der Waals surface area contributed by atoms with Crippen molar-refractivity contribution in [1.29, 1.82) is 0 Å². The van der Waals surface area contributed by atoms with E-state index in [1.54, 1.807) is 39.4 Å². The van der Waals surface area contributed by atoms with Gasteiger partial charge in [-0.25, -0.2) is 14.2 Å². The predicted octanol–water partition coefficient (Wildman–Crippen LogP) is 4.84. The van der Waals surface area contributed by atoms with Crippen molar-refractivity contribution >= 4 is 23.4 Å². The van der Waals surface area contributed by atoms with Crippen LogP contribution in [0.2, 0.25) is 0 Å². The number of rotatable bonds is 8. The minimum Gasteiger partial charge on any atom is -0.481 e. The topological polar surface area (TPSA) is 79.7 Å². The maximum absolute atomic E-state index is 14.0. The van der Waals surface area contributed by atoms with Crippen LogP contribution in [0, 0.1) is 11.7 Å². The molecule has 0 saturated heterocycles. The van der Waals surface area contributed by atoms with E-state index in [9.17, 15) is 19.1 Å². The van der Waals surface area contributed by atoms with Gasteiger partial charge in [0.05, 0.1) is 17.1 Å². The molecule has 1 heterocycles. The molecule has 0 aliphatic heterocycles. The summed E-state index contributed by atoms with van der Waals surface area (Å²) in [5.41, 5.74) is 3.00. The highest BCUT2D eigenvalue weighted by Crippen LogP contribution is 2.24. The van der Waals surface area contributed by atoms with E-state index in [1.165, 1.54) is 28.4 Å². The summed E-state index contributed by atoms with van der Waals surface area (Å²) < 4.78 is 19.3. The van der Waals surface area contributed by atoms with E-state index in [-0.39, 0.29) is 6.42 Å². The molecule has 6 nitrogen and oxygen atoms in total. The van der Waals surface area contributed by atoms with Gasteiger partial charge in [0.15, 0.2) is 0 Å². The Morgan fingerprint density at radius 3 is 2.62 bits per heavy atom. The molecule has 1 N–H and O–H groups in total. The molecule has 2 aromatic rings. The fraction of sp³-hybridized carbons (Fsp3) is 0.476. The first-order valence-electron chi connectivity index (χ1n) is 9.40. The maximum atomic E-state index is 14.0. The Morgan fingerprint density at radius 2 is 2.03 bits per heavy atom. The molecule has 158 valence electrons. The number of carboxylic acids is 1. The molecule has 0 radical (unpaired) electrons. The lowest BCUT2D eigenvalue weighted by atomic mass is 9.93. The molecule has 0 bridgehead atoms. The number of thiazole rings is 1. The highest BCUT2D eigenvalue weighted by atomic mass is 32.1. The molecule has 1 aromatic carbocycles. The second kappa shape index (κ2) is 9.82. The van der Waals surface area contributed by atoms with Gasteiger partial charge in [-0.05, 0) is 63.8 Å². The fourth-order valence-electron chi connectivity index (χ4n) is 2.87. The van der Waals surface area contributed by atoms with Crippen molar-refractivity contribution in [2.24, 2.45) is 5.92 Å². The van der Waals surface area contributed by atoms with Crippen LogP contribution in [0.3, 0.4) is 0 Å². The van der Waals surface area contributed by atoms with E-state index in [4.69, 9.17) is 4.74 Å². The van der Waals surface area contributed by atoms with E-state index < -0.39 is 29.4 Å². The van der Waals surface area contributed by atoms with Crippen LogP contribution in [-0.2, 0) is 16.0 Å². The van der Waals surface area contributed by atoms with E-state index in [0.29, 0.717) is 36.2 Å². The number of nitrogens with zero attached hydrogens (tertiary/aromatic N) is 2. The largest absolute Gasteiger partial charge is 0.481 e. The third-order valence-corrected chi connectivity index (χ3v) is 4.85. The van der Waals surface area contributed by atoms with Crippen LogP contribution in [0.25, 0.3) is 11.3 Å². The summed E-state index contributed by atoms with van der Waals surface area (Å²) in [6.45, 7) is 5.75. The van der Waals surface area contributed by atoms with Crippen LogP contribution < -0.4 is 0 Å². The normalized spacial score (nSPS) is 12.4. The van der Waals surface area contributed by atoms with Crippen molar-refractivity contribution in [2.45, 2.75) is 45.6 Å². The average molecular weight is 423 g/mol. The number of aliphatic carboxylic acids is 1. The number of halogens is 1. The number of carbonyl (C=O) groups is 2. The van der Waals surface area contributed by atoms with Gasteiger partial charge in [0.2, 0.25) is 0 Å². The number of hydrogen-bond donors (Lipinski definition) is 1. The lowest BCUT2D eigenvalue weighted by Crippen LogP contribution is -2.35. The summed E-state index contributed by atoms with van der Waals surface area (Å²) in [6, 6.07) is 4.53. The molecule has 1 unspecified atom stereocenters. The first-order chi connectivity index (χ1) is 13.5. The van der Waals surface area contributed by atoms with Crippen molar-refractivity contribution in [2.75, 3.05) is 13.6 Å². The Bertz CT molecular complexity index is 834. The van der Waals surface area contributed by atoms with Gasteiger partial charge in [-0.3, -0.25) is 4.79 Å². The molecule has 1 amide bonds. The van der Waals surface area contributed by atoms with Crippen LogP contribution in [0.1, 0.15) is 39.2 Å². The Hall–Kier alpha value is -2.48. The van der Waals surface area contributed by atoms with Gasteiger partial charge >= 0.3 is 12.1 Å². The minimum atomic E-state index is -0.940. The monoisotopic (exact) mass is 422 g/mol. The standard InChI is InChI=1S/C21H27FN2O4S/c1-21(2,3)28-20(27)24(4)7-5-6-15(19(25)26)8-14-9-16(11-17(22)10-14)18-12-29-13-23-18/h9-13,15H,5-8H2,1-4H3,(H,25,26). The van der Waals surface area contributed by atoms with Crippen molar-refractivity contribution in [3.05, 3.63) is 40.5 Å². The van der Waals surface area contributed by atoms with E-state index in [0.717, 1.165) is 0 Å². The number of benzene rings is 1. The number of amides is 1. The molecular formula is C21H27FN2O4S. The number of aromatic nitrogens is 1. The zero-order chi connectivity index (χ0) is 21.6. The highest BCUT2D eigenvalue weighted by molar-refractivity contribution is 7.07. The molecule has 0 aliphatic carbocycles. The van der Waals surface area contributed by atoms with Crippen LogP contribution in [0.5, 0.6) is 0 Å². The van der Waals surface area contributed by atoms with E-state index in [1.807, 2.05) is 5.38 Å². The first-order valence-corrected chi connectivity index (χ1v) is 10.3. The number of carboxylic acid groups (broad SMARTS) is 1. The van der Waals surface area contributed by atoms with E-state index >= 15 is 0 Å². The van der Waals surface area contributed by atoms with Gasteiger partial charge in [-0.2, -0.15) is 0 Å². The molecule has 0 aliphatic rings. The first kappa shape index (κ1) is 22.8. The predicted molar refractivity (Wildman–Crippen MR) is 110 cm³/mol. The maximum Gasteiger partial charge on any atom is 0.410 e. The third kappa shape index (κ3) is 7.45. The van der Waals surface area contributed by atoms with Gasteiger partial charge in [0.25, 0.3) is 0 Å². The molecule has 0 fully saturated rings. The molecule has 2 rings (SSSR count). The van der Waals surface area contributed by atoms with Gasteiger partial charge in [0, 0.05) is 24.5 Å². The van der Waals surface area contributed by atoms with Gasteiger partial charge in [-0.1, -0.05) is 0 Å². The molecule has 0 saturated carbocycles. The number of carbonyl (C=O) groups excluding carboxylic acids is 1. The molecule has 8 heteroatoms. The van der Waals surface area contributed by atoms with Crippen LogP contribution in [-0.4, -0.2) is 46.2 Å². The third-order valence-electron chi connectivity index (χ3n) is 4.27. The van der Waals surface area contributed by atoms with Crippen LogP contribution in [0.15, 0.2) is 29.1 Å². The Kier molecular flexibility index (Phi) is 7.73. The van der Waals surface area contributed by atoms with E-state index in [2.05, 4.69) is 4.98 Å². The summed E-state index contributed by atoms with van der Waals surface area (Å²) in [4.78, 5) is 29.3. The van der Waals surface area contributed by atoms with Crippen LogP contribution in [0.4, 0.5) is 9.18 Å². The van der Waals surface area contributed by atoms with Crippen LogP contribution >= 0.6 is 11.3 Å². The van der Waals surface area contributed by atoms with Gasteiger partial charge in [-0.15, -0.1) is 11.3 Å². The quantitative estimate of drug-likeness (QED) is 0.658. The molecular weight excluding hydrogens is 395 g/mol. The Labute approximate surface area is 174 Å². The molecule has 1 atom stereocenters. The molecule has 0 spiro atoms. The summed E-state index contributed by atoms with van der Waals surface area (Å²) in [5.74, 6) is -2.03. The summed E-state index contributed by atoms with van der Waals surface area (Å²) >= 11 is 1.41. The van der Waals surface area contributed by atoms with Crippen molar-refractivity contribution in [3.8, 4) is 11.3 Å². The average Bonchev–Trinajstić information content (AvgIpc) is 3.13. The fourth-order valence-corrected chi connectivity index (χ4v) is 3.44. The minimum absolute atomic E-state index is 0.209. The lowest BCUT2D eigenvalue weighted by molar-refractivity contribution is -0.142. The molecule has 1 aromatic heterocycles. The second-order valence-electron chi connectivity index (χ2n) is 8.01. The smallest absolute Gasteiger partial charge is 0.410 e. The van der Waals surface area contributed by atoms with Gasteiger partial charge < -0.3 is 14.7 Å². The van der Waals surface area contributed by atoms with Crippen molar-refractivity contribution < 1.29 is 23.8 Å². The summed E-state index contributed by atoms with van der Waals surface area (Å²) in [7, 11) is 1.62.